The molecule has 1 aliphatic rings. The van der Waals surface area contributed by atoms with E-state index in [0.29, 0.717) is 6.04 Å². The smallest absolute Gasteiger partial charge is 0.0758 e. The molecule has 2 unspecified atom stereocenters. The summed E-state index contributed by atoms with van der Waals surface area (Å²) in [6, 6.07) is 8.96. The molecular weight excluding hydrogens is 236 g/mol. The highest BCUT2D eigenvalue weighted by Crippen LogP contribution is 2.24. The van der Waals surface area contributed by atoms with Crippen LogP contribution in [-0.2, 0) is 0 Å². The van der Waals surface area contributed by atoms with Gasteiger partial charge in [-0.05, 0) is 44.9 Å². The van der Waals surface area contributed by atoms with Gasteiger partial charge in [0.25, 0.3) is 0 Å². The first-order chi connectivity index (χ1) is 9.02. The molecular formula is C16H26N2O. The maximum Gasteiger partial charge on any atom is 0.0758 e. The lowest BCUT2D eigenvalue weighted by Crippen LogP contribution is -2.32. The second-order valence-electron chi connectivity index (χ2n) is 6.01. The number of nitrogens with zero attached hydrogens (tertiary/aromatic N) is 1. The standard InChI is InChI=1S/C16H26N2O/c1-13-6-4-5-7-14(13)15(17-3)8-10-18-11-9-16(2,19)12-18/h4-7,15,17,19H,8-12H2,1-3H3. The molecule has 0 aliphatic carbocycles. The molecule has 0 bridgehead atoms. The van der Waals surface area contributed by atoms with E-state index in [2.05, 4.69) is 41.4 Å². The van der Waals surface area contributed by atoms with Gasteiger partial charge < -0.3 is 15.3 Å². The van der Waals surface area contributed by atoms with Crippen molar-refractivity contribution in [3.05, 3.63) is 35.4 Å². The van der Waals surface area contributed by atoms with Crippen LogP contribution in [0, 0.1) is 6.92 Å². The van der Waals surface area contributed by atoms with Crippen molar-refractivity contribution in [2.45, 2.75) is 38.3 Å². The number of aliphatic hydroxyl groups is 1. The molecule has 0 radical (unpaired) electrons. The monoisotopic (exact) mass is 262 g/mol. The first kappa shape index (κ1) is 14.5. The summed E-state index contributed by atoms with van der Waals surface area (Å²) in [7, 11) is 2.03. The summed E-state index contributed by atoms with van der Waals surface area (Å²) >= 11 is 0. The number of benzene rings is 1. The van der Waals surface area contributed by atoms with E-state index in [1.165, 1.54) is 11.1 Å². The normalized spacial score (nSPS) is 25.7. The quantitative estimate of drug-likeness (QED) is 0.853. The summed E-state index contributed by atoms with van der Waals surface area (Å²) in [6.45, 7) is 6.95. The van der Waals surface area contributed by atoms with Crippen LogP contribution >= 0.6 is 0 Å². The van der Waals surface area contributed by atoms with Crippen LogP contribution in [0.15, 0.2) is 24.3 Å². The van der Waals surface area contributed by atoms with Crippen molar-refractivity contribution in [3.8, 4) is 0 Å². The highest BCUT2D eigenvalue weighted by Gasteiger charge is 2.31. The number of rotatable bonds is 5. The summed E-state index contributed by atoms with van der Waals surface area (Å²) < 4.78 is 0. The van der Waals surface area contributed by atoms with Crippen molar-refractivity contribution in [2.24, 2.45) is 0 Å². The molecule has 3 nitrogen and oxygen atoms in total. The topological polar surface area (TPSA) is 35.5 Å². The van der Waals surface area contributed by atoms with E-state index in [1.807, 2.05) is 14.0 Å². The molecule has 1 fully saturated rings. The fraction of sp³-hybridized carbons (Fsp3) is 0.625. The minimum absolute atomic E-state index is 0.395. The highest BCUT2D eigenvalue weighted by molar-refractivity contribution is 5.28. The van der Waals surface area contributed by atoms with Crippen LogP contribution in [-0.4, -0.2) is 42.3 Å². The third-order valence-corrected chi connectivity index (χ3v) is 4.18. The van der Waals surface area contributed by atoms with E-state index >= 15 is 0 Å². The number of hydrogen-bond acceptors (Lipinski definition) is 3. The van der Waals surface area contributed by atoms with Gasteiger partial charge >= 0.3 is 0 Å². The lowest BCUT2D eigenvalue weighted by atomic mass is 9.99. The average molecular weight is 262 g/mol. The molecule has 1 saturated heterocycles. The van der Waals surface area contributed by atoms with Crippen LogP contribution in [0.25, 0.3) is 0 Å². The summed E-state index contributed by atoms with van der Waals surface area (Å²) in [5, 5.41) is 13.4. The van der Waals surface area contributed by atoms with Gasteiger partial charge in [0.05, 0.1) is 5.60 Å². The average Bonchev–Trinajstić information content (AvgIpc) is 2.72. The van der Waals surface area contributed by atoms with Crippen LogP contribution in [0.2, 0.25) is 0 Å². The lowest BCUT2D eigenvalue weighted by Gasteiger charge is -2.23. The molecule has 0 aromatic heterocycles. The second kappa shape index (κ2) is 6.04. The van der Waals surface area contributed by atoms with Crippen LogP contribution < -0.4 is 5.32 Å². The fourth-order valence-electron chi connectivity index (χ4n) is 2.97. The molecule has 1 aromatic rings. The molecule has 1 aliphatic heterocycles. The molecule has 0 amide bonds. The van der Waals surface area contributed by atoms with Crippen LogP contribution in [0.5, 0.6) is 0 Å². The third kappa shape index (κ3) is 3.78. The zero-order valence-corrected chi connectivity index (χ0v) is 12.3. The maximum atomic E-state index is 9.99. The third-order valence-electron chi connectivity index (χ3n) is 4.18. The van der Waals surface area contributed by atoms with Crippen LogP contribution in [0.4, 0.5) is 0 Å². The van der Waals surface area contributed by atoms with Crippen molar-refractivity contribution in [2.75, 3.05) is 26.7 Å². The van der Waals surface area contributed by atoms with E-state index in [9.17, 15) is 5.11 Å². The van der Waals surface area contributed by atoms with E-state index < -0.39 is 5.60 Å². The summed E-state index contributed by atoms with van der Waals surface area (Å²) in [4.78, 5) is 2.36. The van der Waals surface area contributed by atoms with Crippen molar-refractivity contribution >= 4 is 0 Å². The Balaban J connectivity index is 1.92. The Hall–Kier alpha value is -0.900. The predicted octanol–water partition coefficient (Wildman–Crippen LogP) is 2.10. The second-order valence-corrected chi connectivity index (χ2v) is 6.01. The van der Waals surface area contributed by atoms with Gasteiger partial charge in [0.15, 0.2) is 0 Å². The minimum atomic E-state index is -0.488. The van der Waals surface area contributed by atoms with Gasteiger partial charge in [-0.15, -0.1) is 0 Å². The van der Waals surface area contributed by atoms with Gasteiger partial charge in [0.1, 0.15) is 0 Å². The summed E-state index contributed by atoms with van der Waals surface area (Å²) in [5.41, 5.74) is 2.24. The molecule has 106 valence electrons. The SMILES string of the molecule is CNC(CCN1CCC(C)(O)C1)c1ccccc1C. The molecule has 1 heterocycles. The zero-order valence-electron chi connectivity index (χ0n) is 12.3. The van der Waals surface area contributed by atoms with Crippen molar-refractivity contribution < 1.29 is 5.11 Å². The molecule has 3 heteroatoms. The van der Waals surface area contributed by atoms with Crippen molar-refractivity contribution in [3.63, 3.8) is 0 Å². The molecule has 0 saturated carbocycles. The first-order valence-corrected chi connectivity index (χ1v) is 7.19. The Bertz CT molecular complexity index is 417. The number of hydrogen-bond donors (Lipinski definition) is 2. The Morgan fingerprint density at radius 1 is 1.42 bits per heavy atom. The molecule has 19 heavy (non-hydrogen) atoms. The number of likely N-dealkylation sites (tertiary alicyclic amines) is 1. The summed E-state index contributed by atoms with van der Waals surface area (Å²) in [6.07, 6.45) is 1.97. The van der Waals surface area contributed by atoms with Gasteiger partial charge in [0.2, 0.25) is 0 Å². The lowest BCUT2D eigenvalue weighted by molar-refractivity contribution is 0.0683. The van der Waals surface area contributed by atoms with Crippen LogP contribution in [0.3, 0.4) is 0 Å². The molecule has 2 rings (SSSR count). The van der Waals surface area contributed by atoms with Crippen molar-refractivity contribution in [1.29, 1.82) is 0 Å². The Kier molecular flexibility index (Phi) is 4.61. The highest BCUT2D eigenvalue weighted by atomic mass is 16.3. The van der Waals surface area contributed by atoms with E-state index in [4.69, 9.17) is 0 Å². The fourth-order valence-corrected chi connectivity index (χ4v) is 2.97. The van der Waals surface area contributed by atoms with E-state index in [1.54, 1.807) is 0 Å². The van der Waals surface area contributed by atoms with E-state index in [0.717, 1.165) is 32.5 Å². The molecule has 0 spiro atoms. The van der Waals surface area contributed by atoms with Gasteiger partial charge in [0, 0.05) is 25.7 Å². The van der Waals surface area contributed by atoms with Crippen LogP contribution in [0.1, 0.15) is 36.9 Å². The Morgan fingerprint density at radius 2 is 2.16 bits per heavy atom. The zero-order chi connectivity index (χ0) is 13.9. The summed E-state index contributed by atoms with van der Waals surface area (Å²) in [5.74, 6) is 0. The van der Waals surface area contributed by atoms with Gasteiger partial charge in [-0.25, -0.2) is 0 Å². The van der Waals surface area contributed by atoms with Crippen molar-refractivity contribution in [1.82, 2.24) is 10.2 Å². The van der Waals surface area contributed by atoms with Gasteiger partial charge in [-0.1, -0.05) is 24.3 Å². The number of β-amino-alcohol motifs (C(OH)–C–C–N with tert-alkyl or cyclic N) is 1. The number of aryl methyl sites for hydroxylation is 1. The maximum absolute atomic E-state index is 9.99. The van der Waals surface area contributed by atoms with Gasteiger partial charge in [-0.3, -0.25) is 0 Å². The first-order valence-electron chi connectivity index (χ1n) is 7.19. The minimum Gasteiger partial charge on any atom is -0.389 e. The Labute approximate surface area is 116 Å². The Morgan fingerprint density at radius 3 is 2.74 bits per heavy atom. The molecule has 1 aromatic carbocycles. The largest absolute Gasteiger partial charge is 0.389 e. The molecule has 2 atom stereocenters. The van der Waals surface area contributed by atoms with E-state index in [-0.39, 0.29) is 0 Å². The molecule has 2 N–H and O–H groups in total. The predicted molar refractivity (Wildman–Crippen MR) is 79.3 cm³/mol. The van der Waals surface area contributed by atoms with Gasteiger partial charge in [-0.2, -0.15) is 0 Å². The number of nitrogens with one attached hydrogen (secondary N) is 1.